The first-order chi connectivity index (χ1) is 7.41. The van der Waals surface area contributed by atoms with Gasteiger partial charge < -0.3 is 5.73 Å². The van der Waals surface area contributed by atoms with Crippen LogP contribution in [-0.2, 0) is 11.3 Å². The zero-order valence-corrected chi connectivity index (χ0v) is 10.6. The summed E-state index contributed by atoms with van der Waals surface area (Å²) in [7, 11) is 1.90. The van der Waals surface area contributed by atoms with Crippen LogP contribution in [0, 0.1) is 0 Å². The summed E-state index contributed by atoms with van der Waals surface area (Å²) in [5.74, 6) is 0.148. The summed E-state index contributed by atoms with van der Waals surface area (Å²) in [6, 6.07) is 5.32. The van der Waals surface area contributed by atoms with E-state index in [4.69, 9.17) is 17.3 Å². The maximum atomic E-state index is 11.2. The molecule has 0 saturated heterocycles. The second-order valence-electron chi connectivity index (χ2n) is 4.04. The van der Waals surface area contributed by atoms with Crippen LogP contribution in [0.5, 0.6) is 0 Å². The van der Waals surface area contributed by atoms with Crippen LogP contribution in [0.4, 0.5) is 5.69 Å². The van der Waals surface area contributed by atoms with E-state index in [9.17, 15) is 4.79 Å². The largest absolute Gasteiger partial charge is 0.398 e. The Morgan fingerprint density at radius 3 is 2.69 bits per heavy atom. The van der Waals surface area contributed by atoms with Crippen LogP contribution >= 0.6 is 11.6 Å². The van der Waals surface area contributed by atoms with Gasteiger partial charge in [0.25, 0.3) is 0 Å². The van der Waals surface area contributed by atoms with E-state index in [0.717, 1.165) is 5.56 Å². The van der Waals surface area contributed by atoms with Gasteiger partial charge in [0, 0.05) is 17.3 Å². The number of nitrogens with zero attached hydrogens (tertiary/aromatic N) is 1. The number of hydrogen-bond acceptors (Lipinski definition) is 3. The van der Waals surface area contributed by atoms with E-state index >= 15 is 0 Å². The predicted octanol–water partition coefficient (Wildman–Crippen LogP) is 2.33. The molecule has 1 aromatic rings. The van der Waals surface area contributed by atoms with Crippen molar-refractivity contribution in [3.05, 3.63) is 28.8 Å². The normalized spacial score (nSPS) is 12.8. The number of halogens is 1. The van der Waals surface area contributed by atoms with Crippen molar-refractivity contribution >= 4 is 23.1 Å². The van der Waals surface area contributed by atoms with Gasteiger partial charge in [-0.25, -0.2) is 0 Å². The van der Waals surface area contributed by atoms with Crippen molar-refractivity contribution in [1.29, 1.82) is 0 Å². The molecule has 0 amide bonds. The average molecular weight is 241 g/mol. The maximum Gasteiger partial charge on any atom is 0.146 e. The van der Waals surface area contributed by atoms with Gasteiger partial charge in [0.05, 0.1) is 6.04 Å². The van der Waals surface area contributed by atoms with Crippen LogP contribution in [0.15, 0.2) is 18.2 Å². The van der Waals surface area contributed by atoms with Crippen LogP contribution in [0.25, 0.3) is 0 Å². The number of likely N-dealkylation sites (N-methyl/N-ethyl adjacent to an activating group) is 1. The van der Waals surface area contributed by atoms with E-state index in [1.54, 1.807) is 19.1 Å². The zero-order chi connectivity index (χ0) is 12.3. The molecule has 0 aliphatic rings. The number of nitrogens with two attached hydrogens (primary N) is 1. The Morgan fingerprint density at radius 1 is 1.56 bits per heavy atom. The summed E-state index contributed by atoms with van der Waals surface area (Å²) in [5.41, 5.74) is 7.50. The van der Waals surface area contributed by atoms with E-state index in [2.05, 4.69) is 0 Å². The van der Waals surface area contributed by atoms with Gasteiger partial charge in [-0.15, -0.1) is 0 Å². The number of carbonyl (C=O) groups excluding carboxylic acids is 1. The fraction of sp³-hybridized carbons (Fsp3) is 0.417. The van der Waals surface area contributed by atoms with Crippen molar-refractivity contribution in [1.82, 2.24) is 4.90 Å². The van der Waals surface area contributed by atoms with Crippen molar-refractivity contribution in [2.24, 2.45) is 0 Å². The van der Waals surface area contributed by atoms with Gasteiger partial charge in [-0.2, -0.15) is 0 Å². The van der Waals surface area contributed by atoms with Crippen LogP contribution in [-0.4, -0.2) is 23.8 Å². The fourth-order valence-electron chi connectivity index (χ4n) is 1.43. The van der Waals surface area contributed by atoms with Gasteiger partial charge in [-0.1, -0.05) is 17.7 Å². The van der Waals surface area contributed by atoms with Crippen molar-refractivity contribution in [3.63, 3.8) is 0 Å². The minimum absolute atomic E-state index is 0.102. The minimum Gasteiger partial charge on any atom is -0.398 e. The summed E-state index contributed by atoms with van der Waals surface area (Å²) in [4.78, 5) is 13.2. The van der Waals surface area contributed by atoms with Crippen molar-refractivity contribution in [2.75, 3.05) is 12.8 Å². The smallest absolute Gasteiger partial charge is 0.146 e. The van der Waals surface area contributed by atoms with Crippen LogP contribution in [0.3, 0.4) is 0 Å². The standard InChI is InChI=1S/C12H17ClN2O/c1-8(9(2)16)15(3)7-10-4-5-11(13)6-12(10)14/h4-6,8H,7,14H2,1-3H3. The molecule has 0 fully saturated rings. The van der Waals surface area contributed by atoms with Crippen LogP contribution < -0.4 is 5.73 Å². The number of anilines is 1. The number of hydrogen-bond donors (Lipinski definition) is 1. The highest BCUT2D eigenvalue weighted by molar-refractivity contribution is 6.30. The lowest BCUT2D eigenvalue weighted by atomic mass is 10.1. The third-order valence-electron chi connectivity index (χ3n) is 2.78. The highest BCUT2D eigenvalue weighted by atomic mass is 35.5. The molecule has 3 nitrogen and oxygen atoms in total. The Bertz CT molecular complexity index is 393. The summed E-state index contributed by atoms with van der Waals surface area (Å²) in [6.07, 6.45) is 0. The molecule has 4 heteroatoms. The second kappa shape index (κ2) is 5.32. The number of ketones is 1. The van der Waals surface area contributed by atoms with Crippen LogP contribution in [0.2, 0.25) is 5.02 Å². The third kappa shape index (κ3) is 3.22. The first-order valence-corrected chi connectivity index (χ1v) is 5.54. The van der Waals surface area contributed by atoms with E-state index in [1.165, 1.54) is 0 Å². The van der Waals surface area contributed by atoms with Crippen molar-refractivity contribution in [2.45, 2.75) is 26.4 Å². The van der Waals surface area contributed by atoms with Gasteiger partial charge in [-0.05, 0) is 38.6 Å². The lowest BCUT2D eigenvalue weighted by molar-refractivity contribution is -0.121. The predicted molar refractivity (Wildman–Crippen MR) is 67.5 cm³/mol. The molecular weight excluding hydrogens is 224 g/mol. The molecule has 1 unspecified atom stereocenters. The van der Waals surface area contributed by atoms with Crippen molar-refractivity contribution in [3.8, 4) is 0 Å². The molecule has 0 saturated carbocycles. The highest BCUT2D eigenvalue weighted by Gasteiger charge is 2.14. The molecule has 0 spiro atoms. The Kier molecular flexibility index (Phi) is 4.33. The topological polar surface area (TPSA) is 46.3 Å². The second-order valence-corrected chi connectivity index (χ2v) is 4.48. The molecule has 0 radical (unpaired) electrons. The first-order valence-electron chi connectivity index (χ1n) is 5.16. The van der Waals surface area contributed by atoms with E-state index in [-0.39, 0.29) is 11.8 Å². The molecule has 1 aromatic carbocycles. The molecule has 88 valence electrons. The minimum atomic E-state index is -0.102. The lowest BCUT2D eigenvalue weighted by Crippen LogP contribution is -2.34. The van der Waals surface area contributed by atoms with Crippen LogP contribution in [0.1, 0.15) is 19.4 Å². The third-order valence-corrected chi connectivity index (χ3v) is 3.01. The quantitative estimate of drug-likeness (QED) is 0.822. The Balaban J connectivity index is 2.77. The molecular formula is C12H17ClN2O. The van der Waals surface area contributed by atoms with E-state index in [0.29, 0.717) is 17.3 Å². The SMILES string of the molecule is CC(=O)C(C)N(C)Cc1ccc(Cl)cc1N. The fourth-order valence-corrected chi connectivity index (χ4v) is 1.61. The van der Waals surface area contributed by atoms with Crippen molar-refractivity contribution < 1.29 is 4.79 Å². The lowest BCUT2D eigenvalue weighted by Gasteiger charge is -2.23. The van der Waals surface area contributed by atoms with Gasteiger partial charge in [0.15, 0.2) is 0 Å². The van der Waals surface area contributed by atoms with Gasteiger partial charge in [-0.3, -0.25) is 9.69 Å². The summed E-state index contributed by atoms with van der Waals surface area (Å²) < 4.78 is 0. The highest BCUT2D eigenvalue weighted by Crippen LogP contribution is 2.19. The van der Waals surface area contributed by atoms with E-state index in [1.807, 2.05) is 24.9 Å². The number of nitrogen functional groups attached to an aromatic ring is 1. The van der Waals surface area contributed by atoms with Gasteiger partial charge in [0.2, 0.25) is 0 Å². The molecule has 0 bridgehead atoms. The van der Waals surface area contributed by atoms with E-state index < -0.39 is 0 Å². The summed E-state index contributed by atoms with van der Waals surface area (Å²) >= 11 is 5.82. The molecule has 0 heterocycles. The average Bonchev–Trinajstić information content (AvgIpc) is 2.20. The maximum absolute atomic E-state index is 11.2. The Morgan fingerprint density at radius 2 is 2.19 bits per heavy atom. The molecule has 0 aromatic heterocycles. The van der Waals surface area contributed by atoms with Gasteiger partial charge >= 0.3 is 0 Å². The number of rotatable bonds is 4. The number of benzene rings is 1. The zero-order valence-electron chi connectivity index (χ0n) is 9.83. The Hall–Kier alpha value is -1.06. The molecule has 0 aliphatic carbocycles. The molecule has 2 N–H and O–H groups in total. The molecule has 1 atom stereocenters. The summed E-state index contributed by atoms with van der Waals surface area (Å²) in [5, 5.41) is 0.628. The first kappa shape index (κ1) is 13.0. The number of carbonyl (C=O) groups is 1. The summed E-state index contributed by atoms with van der Waals surface area (Å²) in [6.45, 7) is 4.12. The molecule has 1 rings (SSSR count). The monoisotopic (exact) mass is 240 g/mol. The molecule has 16 heavy (non-hydrogen) atoms. The molecule has 0 aliphatic heterocycles. The van der Waals surface area contributed by atoms with Gasteiger partial charge in [0.1, 0.15) is 5.78 Å². The number of Topliss-reactive ketones (excluding diaryl/α,β-unsaturated/α-hetero) is 1. The Labute approximate surface area is 101 Å².